The third kappa shape index (κ3) is 4.33. The Labute approximate surface area is 133 Å². The number of hydrogen-bond donors (Lipinski definition) is 1. The zero-order valence-corrected chi connectivity index (χ0v) is 14.2. The van der Waals surface area contributed by atoms with E-state index in [2.05, 4.69) is 64.3 Å². The number of rotatable bonds is 6. The SMILES string of the molecule is CCNC(CSc1ccccc1Br)c1cncc(C)c1. The molecule has 0 saturated carbocycles. The van der Waals surface area contributed by atoms with Crippen molar-refractivity contribution in [3.05, 3.63) is 58.3 Å². The molecule has 20 heavy (non-hydrogen) atoms. The Bertz CT molecular complexity index is 560. The molecule has 1 unspecified atom stereocenters. The number of hydrogen-bond acceptors (Lipinski definition) is 3. The number of halogens is 1. The van der Waals surface area contributed by atoms with Crippen molar-refractivity contribution in [2.24, 2.45) is 0 Å². The van der Waals surface area contributed by atoms with Gasteiger partial charge in [0.1, 0.15) is 0 Å². The number of aromatic nitrogens is 1. The molecule has 0 aliphatic heterocycles. The topological polar surface area (TPSA) is 24.9 Å². The van der Waals surface area contributed by atoms with Gasteiger partial charge in [0.05, 0.1) is 0 Å². The van der Waals surface area contributed by atoms with Gasteiger partial charge in [-0.3, -0.25) is 4.98 Å². The molecule has 2 rings (SSSR count). The van der Waals surface area contributed by atoms with Crippen LogP contribution in [0, 0.1) is 6.92 Å². The molecular weight excluding hydrogens is 332 g/mol. The summed E-state index contributed by atoms with van der Waals surface area (Å²) in [4.78, 5) is 5.58. The standard InChI is InChI=1S/C16H19BrN2S/c1-3-19-15(13-8-12(2)9-18-10-13)11-20-16-7-5-4-6-14(16)17/h4-10,15,19H,3,11H2,1-2H3. The number of benzene rings is 1. The zero-order chi connectivity index (χ0) is 14.4. The van der Waals surface area contributed by atoms with Crippen LogP contribution in [0.4, 0.5) is 0 Å². The number of nitrogens with zero attached hydrogens (tertiary/aromatic N) is 1. The number of nitrogens with one attached hydrogen (secondary N) is 1. The number of aryl methyl sites for hydroxylation is 1. The van der Waals surface area contributed by atoms with E-state index in [0.29, 0.717) is 6.04 Å². The highest BCUT2D eigenvalue weighted by Crippen LogP contribution is 2.30. The van der Waals surface area contributed by atoms with Gasteiger partial charge in [-0.05, 0) is 52.7 Å². The summed E-state index contributed by atoms with van der Waals surface area (Å²) in [5, 5.41) is 3.54. The second-order valence-corrected chi connectivity index (χ2v) is 6.56. The molecule has 0 spiro atoms. The van der Waals surface area contributed by atoms with E-state index in [9.17, 15) is 0 Å². The molecule has 106 valence electrons. The number of pyridine rings is 1. The first-order valence-electron chi connectivity index (χ1n) is 6.73. The molecule has 2 nitrogen and oxygen atoms in total. The van der Waals surface area contributed by atoms with Crippen LogP contribution in [-0.4, -0.2) is 17.3 Å². The molecule has 0 fully saturated rings. The van der Waals surface area contributed by atoms with Crippen LogP contribution in [-0.2, 0) is 0 Å². The van der Waals surface area contributed by atoms with Crippen LogP contribution in [0.5, 0.6) is 0 Å². The Balaban J connectivity index is 2.08. The summed E-state index contributed by atoms with van der Waals surface area (Å²) in [7, 11) is 0. The maximum absolute atomic E-state index is 4.30. The zero-order valence-electron chi connectivity index (χ0n) is 11.8. The first-order chi connectivity index (χ1) is 9.70. The quantitative estimate of drug-likeness (QED) is 0.770. The lowest BCUT2D eigenvalue weighted by Crippen LogP contribution is -2.23. The summed E-state index contributed by atoms with van der Waals surface area (Å²) in [5.41, 5.74) is 2.46. The van der Waals surface area contributed by atoms with Crippen molar-refractivity contribution in [2.45, 2.75) is 24.8 Å². The Morgan fingerprint density at radius 3 is 2.80 bits per heavy atom. The molecule has 1 heterocycles. The minimum atomic E-state index is 0.324. The van der Waals surface area contributed by atoms with Crippen molar-refractivity contribution in [1.29, 1.82) is 0 Å². The lowest BCUT2D eigenvalue weighted by atomic mass is 10.1. The van der Waals surface area contributed by atoms with Gasteiger partial charge < -0.3 is 5.32 Å². The van der Waals surface area contributed by atoms with Crippen molar-refractivity contribution in [2.75, 3.05) is 12.3 Å². The maximum atomic E-state index is 4.30. The van der Waals surface area contributed by atoms with E-state index in [1.807, 2.05) is 30.2 Å². The molecule has 0 radical (unpaired) electrons. The summed E-state index contributed by atoms with van der Waals surface area (Å²) in [6.07, 6.45) is 3.86. The average Bonchev–Trinajstić information content (AvgIpc) is 2.45. The molecule has 0 aliphatic rings. The molecule has 4 heteroatoms. The van der Waals surface area contributed by atoms with Gasteiger partial charge in [-0.1, -0.05) is 25.1 Å². The fourth-order valence-electron chi connectivity index (χ4n) is 2.02. The van der Waals surface area contributed by atoms with Crippen LogP contribution in [0.1, 0.15) is 24.1 Å². The highest BCUT2D eigenvalue weighted by Gasteiger charge is 2.12. The highest BCUT2D eigenvalue weighted by molar-refractivity contribution is 9.10. The van der Waals surface area contributed by atoms with Gasteiger partial charge in [0, 0.05) is 33.6 Å². The van der Waals surface area contributed by atoms with Gasteiger partial charge >= 0.3 is 0 Å². The Morgan fingerprint density at radius 1 is 1.30 bits per heavy atom. The van der Waals surface area contributed by atoms with E-state index in [1.165, 1.54) is 16.0 Å². The first-order valence-corrected chi connectivity index (χ1v) is 8.51. The van der Waals surface area contributed by atoms with Crippen LogP contribution in [0.25, 0.3) is 0 Å². The fraction of sp³-hybridized carbons (Fsp3) is 0.312. The van der Waals surface area contributed by atoms with Crippen LogP contribution in [0.2, 0.25) is 0 Å². The van der Waals surface area contributed by atoms with Crippen molar-refractivity contribution < 1.29 is 0 Å². The average molecular weight is 351 g/mol. The molecule has 1 N–H and O–H groups in total. The summed E-state index contributed by atoms with van der Waals surface area (Å²) >= 11 is 5.46. The molecule has 1 aromatic carbocycles. The second-order valence-electron chi connectivity index (χ2n) is 4.65. The lowest BCUT2D eigenvalue weighted by Gasteiger charge is -2.18. The van der Waals surface area contributed by atoms with Crippen LogP contribution >= 0.6 is 27.7 Å². The molecular formula is C16H19BrN2S. The maximum Gasteiger partial charge on any atom is 0.0430 e. The van der Waals surface area contributed by atoms with Crippen LogP contribution in [0.3, 0.4) is 0 Å². The minimum Gasteiger partial charge on any atom is -0.309 e. The van der Waals surface area contributed by atoms with Gasteiger partial charge in [0.25, 0.3) is 0 Å². The van der Waals surface area contributed by atoms with E-state index in [4.69, 9.17) is 0 Å². The van der Waals surface area contributed by atoms with E-state index in [0.717, 1.165) is 16.8 Å². The molecule has 0 saturated heterocycles. The third-order valence-electron chi connectivity index (χ3n) is 2.99. The molecule has 1 atom stereocenters. The summed E-state index contributed by atoms with van der Waals surface area (Å²) in [5.74, 6) is 0.988. The van der Waals surface area contributed by atoms with Gasteiger partial charge in [-0.2, -0.15) is 0 Å². The van der Waals surface area contributed by atoms with Crippen molar-refractivity contribution >= 4 is 27.7 Å². The summed E-state index contributed by atoms with van der Waals surface area (Å²) in [6.45, 7) is 5.18. The number of thioether (sulfide) groups is 1. The Kier molecular flexibility index (Phi) is 6.07. The van der Waals surface area contributed by atoms with E-state index >= 15 is 0 Å². The van der Waals surface area contributed by atoms with Gasteiger partial charge in [-0.15, -0.1) is 11.8 Å². The molecule has 0 bridgehead atoms. The lowest BCUT2D eigenvalue weighted by molar-refractivity contribution is 0.603. The molecule has 0 aliphatic carbocycles. The smallest absolute Gasteiger partial charge is 0.0430 e. The Hall–Kier alpha value is -0.840. The van der Waals surface area contributed by atoms with Gasteiger partial charge in [0.15, 0.2) is 0 Å². The fourth-order valence-corrected chi connectivity index (χ4v) is 3.69. The summed E-state index contributed by atoms with van der Waals surface area (Å²) in [6, 6.07) is 10.9. The predicted molar refractivity (Wildman–Crippen MR) is 90.3 cm³/mol. The van der Waals surface area contributed by atoms with E-state index in [-0.39, 0.29) is 0 Å². The van der Waals surface area contributed by atoms with Gasteiger partial charge in [0.2, 0.25) is 0 Å². The van der Waals surface area contributed by atoms with Crippen LogP contribution in [0.15, 0.2) is 52.1 Å². The first kappa shape index (κ1) is 15.5. The van der Waals surface area contributed by atoms with Crippen LogP contribution < -0.4 is 5.32 Å². The van der Waals surface area contributed by atoms with Crippen molar-refractivity contribution in [3.8, 4) is 0 Å². The molecule has 1 aromatic heterocycles. The monoisotopic (exact) mass is 350 g/mol. The van der Waals surface area contributed by atoms with Crippen molar-refractivity contribution in [1.82, 2.24) is 10.3 Å². The largest absolute Gasteiger partial charge is 0.309 e. The second kappa shape index (κ2) is 7.81. The van der Waals surface area contributed by atoms with E-state index < -0.39 is 0 Å². The Morgan fingerprint density at radius 2 is 2.10 bits per heavy atom. The van der Waals surface area contributed by atoms with E-state index in [1.54, 1.807) is 0 Å². The molecule has 2 aromatic rings. The normalized spacial score (nSPS) is 12.3. The summed E-state index contributed by atoms with van der Waals surface area (Å²) < 4.78 is 1.16. The molecule has 0 amide bonds. The van der Waals surface area contributed by atoms with Gasteiger partial charge in [-0.25, -0.2) is 0 Å². The van der Waals surface area contributed by atoms with Crippen molar-refractivity contribution in [3.63, 3.8) is 0 Å². The minimum absolute atomic E-state index is 0.324. The highest BCUT2D eigenvalue weighted by atomic mass is 79.9. The third-order valence-corrected chi connectivity index (χ3v) is 5.11. The predicted octanol–water partition coefficient (Wildman–Crippen LogP) is 4.60.